The molecule has 2 fully saturated rings. The number of ether oxygens (including phenoxy) is 1. The highest BCUT2D eigenvalue weighted by molar-refractivity contribution is 7.93. The number of hydrogen-bond acceptors (Lipinski definition) is 6. The molecule has 164 valence electrons. The summed E-state index contributed by atoms with van der Waals surface area (Å²) in [5.74, 6) is -6.75. The summed E-state index contributed by atoms with van der Waals surface area (Å²) in [5.41, 5.74) is 4.49. The molecule has 0 bridgehead atoms. The van der Waals surface area contributed by atoms with Crippen molar-refractivity contribution in [3.05, 3.63) is 29.6 Å². The van der Waals surface area contributed by atoms with Gasteiger partial charge in [0.2, 0.25) is 5.91 Å². The molecule has 0 aromatic heterocycles. The Labute approximate surface area is 171 Å². The highest BCUT2D eigenvalue weighted by Gasteiger charge is 2.57. The summed E-state index contributed by atoms with van der Waals surface area (Å²) < 4.78 is 71.6. The van der Waals surface area contributed by atoms with Crippen molar-refractivity contribution in [3.8, 4) is 0 Å². The minimum absolute atomic E-state index is 0.0633. The number of rotatable bonds is 3. The second kappa shape index (κ2) is 6.68. The van der Waals surface area contributed by atoms with E-state index >= 15 is 0 Å². The maximum atomic E-state index is 14.7. The number of benzene rings is 1. The van der Waals surface area contributed by atoms with Crippen molar-refractivity contribution < 1.29 is 31.1 Å². The van der Waals surface area contributed by atoms with Crippen LogP contribution >= 0.6 is 0 Å². The predicted octanol–water partition coefficient (Wildman–Crippen LogP) is 1.97. The van der Waals surface area contributed by atoms with E-state index in [9.17, 15) is 26.4 Å². The molecular formula is C19H22F3N3O4S. The van der Waals surface area contributed by atoms with Gasteiger partial charge in [-0.2, -0.15) is 0 Å². The van der Waals surface area contributed by atoms with Crippen LogP contribution in [-0.4, -0.2) is 49.8 Å². The van der Waals surface area contributed by atoms with Crippen LogP contribution in [0.15, 0.2) is 23.2 Å². The Hall–Kier alpha value is -2.14. The van der Waals surface area contributed by atoms with Gasteiger partial charge in [-0.1, -0.05) is 0 Å². The number of hydrogen-bond donors (Lipinski definition) is 2. The molecule has 1 saturated heterocycles. The molecule has 0 radical (unpaired) electrons. The van der Waals surface area contributed by atoms with Crippen LogP contribution in [0.1, 0.15) is 31.7 Å². The van der Waals surface area contributed by atoms with Crippen molar-refractivity contribution in [2.45, 2.75) is 42.4 Å². The first-order valence-electron chi connectivity index (χ1n) is 9.55. The summed E-state index contributed by atoms with van der Waals surface area (Å²) in [4.78, 5) is 16.5. The van der Waals surface area contributed by atoms with Crippen LogP contribution in [-0.2, 0) is 24.9 Å². The first-order valence-corrected chi connectivity index (χ1v) is 11.2. The smallest absolute Gasteiger partial charge is 0.259 e. The van der Waals surface area contributed by atoms with E-state index in [1.54, 1.807) is 0 Å². The van der Waals surface area contributed by atoms with E-state index in [-0.39, 0.29) is 49.6 Å². The fraction of sp³-hybridized carbons (Fsp3) is 0.579. The van der Waals surface area contributed by atoms with Crippen LogP contribution in [0.4, 0.5) is 18.9 Å². The van der Waals surface area contributed by atoms with Gasteiger partial charge in [0, 0.05) is 24.3 Å². The lowest BCUT2D eigenvalue weighted by molar-refractivity contribution is -0.157. The second-order valence-electron chi connectivity index (χ2n) is 8.36. The molecule has 3 aliphatic rings. The zero-order valence-corrected chi connectivity index (χ0v) is 17.1. The molecule has 1 saturated carbocycles. The number of nitrogens with one attached hydrogen (secondary N) is 1. The van der Waals surface area contributed by atoms with Gasteiger partial charge in [0.05, 0.1) is 12.4 Å². The summed E-state index contributed by atoms with van der Waals surface area (Å²) >= 11 is 0. The van der Waals surface area contributed by atoms with Crippen molar-refractivity contribution in [2.24, 2.45) is 16.6 Å². The van der Waals surface area contributed by atoms with Gasteiger partial charge in [0.25, 0.3) is 5.92 Å². The summed E-state index contributed by atoms with van der Waals surface area (Å²) in [5, 5.41) is 2.37. The largest absolute Gasteiger partial charge is 0.386 e. The molecule has 4 rings (SSSR count). The van der Waals surface area contributed by atoms with E-state index in [0.717, 1.165) is 6.07 Å². The van der Waals surface area contributed by atoms with E-state index in [0.29, 0.717) is 0 Å². The molecule has 11 heteroatoms. The number of alkyl halides is 2. The molecule has 1 aromatic rings. The molecule has 3 atom stereocenters. The van der Waals surface area contributed by atoms with Gasteiger partial charge in [-0.25, -0.2) is 21.6 Å². The SMILES string of the molecule is C[C@@]1(c2cc(NC(=O)C3CCC3(F)F)ccc2F)CS(=O)(=O)[C@]2(CCOC2)C(N)=N1. The number of halogens is 3. The lowest BCUT2D eigenvalue weighted by atomic mass is 9.80. The molecule has 1 amide bonds. The van der Waals surface area contributed by atoms with Gasteiger partial charge in [-0.05, 0) is 38.0 Å². The first-order chi connectivity index (χ1) is 13.9. The van der Waals surface area contributed by atoms with E-state index in [1.165, 1.54) is 19.1 Å². The molecule has 2 aliphatic heterocycles. The Balaban J connectivity index is 1.68. The summed E-state index contributed by atoms with van der Waals surface area (Å²) in [6.07, 6.45) is -0.113. The van der Waals surface area contributed by atoms with Crippen molar-refractivity contribution in [2.75, 3.05) is 24.3 Å². The number of nitrogens with zero attached hydrogens (tertiary/aromatic N) is 1. The Kier molecular flexibility index (Phi) is 4.70. The summed E-state index contributed by atoms with van der Waals surface area (Å²) in [7, 11) is -3.84. The number of amidine groups is 1. The van der Waals surface area contributed by atoms with Crippen molar-refractivity contribution in [3.63, 3.8) is 0 Å². The van der Waals surface area contributed by atoms with Gasteiger partial charge in [0.1, 0.15) is 23.1 Å². The predicted molar refractivity (Wildman–Crippen MR) is 104 cm³/mol. The molecule has 2 heterocycles. The Morgan fingerprint density at radius 1 is 1.33 bits per heavy atom. The van der Waals surface area contributed by atoms with Crippen molar-refractivity contribution in [1.29, 1.82) is 0 Å². The Morgan fingerprint density at radius 2 is 2.07 bits per heavy atom. The fourth-order valence-corrected chi connectivity index (χ4v) is 6.53. The van der Waals surface area contributed by atoms with Gasteiger partial charge in [0.15, 0.2) is 14.6 Å². The van der Waals surface area contributed by atoms with Gasteiger partial charge >= 0.3 is 0 Å². The number of amides is 1. The Morgan fingerprint density at radius 3 is 2.60 bits per heavy atom. The van der Waals surface area contributed by atoms with E-state index < -0.39 is 49.4 Å². The quantitative estimate of drug-likeness (QED) is 0.739. The van der Waals surface area contributed by atoms with Crippen LogP contribution in [0.2, 0.25) is 0 Å². The average Bonchev–Trinajstić information content (AvgIpc) is 3.12. The van der Waals surface area contributed by atoms with Crippen molar-refractivity contribution >= 4 is 27.3 Å². The number of nitrogens with two attached hydrogens (primary N) is 1. The fourth-order valence-electron chi connectivity index (χ4n) is 4.27. The van der Waals surface area contributed by atoms with Crippen molar-refractivity contribution in [1.82, 2.24) is 0 Å². The minimum atomic E-state index is -3.84. The van der Waals surface area contributed by atoms with Gasteiger partial charge < -0.3 is 15.8 Å². The number of carbonyl (C=O) groups is 1. The van der Waals surface area contributed by atoms with E-state index in [1.807, 2.05) is 0 Å². The maximum absolute atomic E-state index is 14.7. The van der Waals surface area contributed by atoms with Crippen LogP contribution in [0.25, 0.3) is 0 Å². The highest BCUT2D eigenvalue weighted by atomic mass is 32.2. The van der Waals surface area contributed by atoms with E-state index in [2.05, 4.69) is 10.3 Å². The van der Waals surface area contributed by atoms with Crippen LogP contribution < -0.4 is 11.1 Å². The third-order valence-corrected chi connectivity index (χ3v) is 8.96. The topological polar surface area (TPSA) is 111 Å². The van der Waals surface area contributed by atoms with Crippen LogP contribution in [0.5, 0.6) is 0 Å². The first kappa shape index (κ1) is 21.1. The summed E-state index contributed by atoms with van der Waals surface area (Å²) in [6, 6.07) is 3.49. The monoisotopic (exact) mass is 445 g/mol. The molecule has 3 N–H and O–H groups in total. The average molecular weight is 445 g/mol. The standard InChI is InChI=1S/C19H22F3N3O4S/c1-17(10-30(27,28)18(16(23)25-17)6-7-29-9-18)13-8-11(2-3-14(13)20)24-15(26)12-4-5-19(12,21)22/h2-3,8,12H,4-7,9-10H2,1H3,(H2,23,25)(H,24,26)/t12?,17-,18-/m0/s1. The number of sulfone groups is 1. The molecule has 1 aromatic carbocycles. The molecule has 1 aliphatic carbocycles. The van der Waals surface area contributed by atoms with Crippen LogP contribution in [0.3, 0.4) is 0 Å². The number of anilines is 1. The zero-order chi connectivity index (χ0) is 21.9. The molecular weight excluding hydrogens is 423 g/mol. The summed E-state index contributed by atoms with van der Waals surface area (Å²) in [6.45, 7) is 1.56. The maximum Gasteiger partial charge on any atom is 0.259 e. The molecule has 30 heavy (non-hydrogen) atoms. The normalized spacial score (nSPS) is 34.3. The second-order valence-corrected chi connectivity index (χ2v) is 10.7. The third kappa shape index (κ3) is 3.09. The molecule has 7 nitrogen and oxygen atoms in total. The lowest BCUT2D eigenvalue weighted by Gasteiger charge is -2.39. The minimum Gasteiger partial charge on any atom is -0.386 e. The lowest BCUT2D eigenvalue weighted by Crippen LogP contribution is -2.58. The number of aliphatic imine (C=N–C) groups is 1. The highest BCUT2D eigenvalue weighted by Crippen LogP contribution is 2.44. The third-order valence-electron chi connectivity index (χ3n) is 6.29. The van der Waals surface area contributed by atoms with Gasteiger partial charge in [-0.15, -0.1) is 0 Å². The van der Waals surface area contributed by atoms with Crippen LogP contribution in [0, 0.1) is 11.7 Å². The van der Waals surface area contributed by atoms with Gasteiger partial charge in [-0.3, -0.25) is 9.79 Å². The zero-order valence-electron chi connectivity index (χ0n) is 16.3. The van der Waals surface area contributed by atoms with E-state index in [4.69, 9.17) is 10.5 Å². The molecule has 1 spiro atoms. The Bertz CT molecular complexity index is 1040. The molecule has 1 unspecified atom stereocenters. The number of carbonyl (C=O) groups excluding carboxylic acids is 1.